The topological polar surface area (TPSA) is 197 Å². The van der Waals surface area contributed by atoms with Gasteiger partial charge in [0.15, 0.2) is 0 Å². The summed E-state index contributed by atoms with van der Waals surface area (Å²) in [6, 6.07) is 48.6. The Bertz CT molecular complexity index is 2890. The summed E-state index contributed by atoms with van der Waals surface area (Å²) >= 11 is 0. The highest BCUT2D eigenvalue weighted by atomic mass is 28.3. The summed E-state index contributed by atoms with van der Waals surface area (Å²) in [6.45, 7) is 17.6. The average Bonchev–Trinajstić information content (AvgIpc) is 3.63. The molecule has 2 aliphatic rings. The largest absolute Gasteiger partial charge is 0.494 e. The number of nitrogens with zero attached hydrogens (tertiary/aromatic N) is 2. The molecule has 8 rings (SSSR count). The third-order valence-corrected chi connectivity index (χ3v) is 17.7. The summed E-state index contributed by atoms with van der Waals surface area (Å²) in [4.78, 5) is 14.3. The standard InChI is InChI=1S/C68H90N2O14Si/c1-66(2,49-10-22-57(23-11-49)77-38-9-37-71)50-14-26-59(27-15-50)79-43-56(73)41-70(65(74)48-84-62-32-20-54(21-33-62)68(5,6)53-18-30-61(31-19-53)81-45-64-47-83-64)36-35-69(34-8-39-85(75)76-7)40-55(72)42-78-58-24-12-51(13-25-58)67(3,4)52-16-28-60(29-17-52)80-44-63-46-82-63/h10-33,55-56,63-65,71-75,85H,8-9,34-48H2,1-7H3. The van der Waals surface area contributed by atoms with Gasteiger partial charge in [0.25, 0.3) is 0 Å². The van der Waals surface area contributed by atoms with Gasteiger partial charge in [-0.3, -0.25) is 9.80 Å². The second kappa shape index (κ2) is 31.0. The van der Waals surface area contributed by atoms with E-state index in [4.69, 9.17) is 47.4 Å². The predicted octanol–water partition coefficient (Wildman–Crippen LogP) is 8.41. The Hall–Kier alpha value is -6.06. The van der Waals surface area contributed by atoms with Crippen LogP contribution in [0.2, 0.25) is 6.04 Å². The molecule has 6 unspecified atom stereocenters. The molecule has 6 atom stereocenters. The van der Waals surface area contributed by atoms with Crippen molar-refractivity contribution in [3.8, 4) is 34.5 Å². The van der Waals surface area contributed by atoms with Crippen molar-refractivity contribution in [3.05, 3.63) is 179 Å². The second-order valence-corrected chi connectivity index (χ2v) is 25.8. The molecule has 2 fully saturated rings. The van der Waals surface area contributed by atoms with Gasteiger partial charge in [-0.2, -0.15) is 0 Å². The molecule has 2 heterocycles. The number of rotatable bonds is 38. The van der Waals surface area contributed by atoms with Crippen LogP contribution in [0.25, 0.3) is 0 Å². The third kappa shape index (κ3) is 19.7. The maximum atomic E-state index is 11.9. The van der Waals surface area contributed by atoms with Gasteiger partial charge in [0, 0.05) is 62.6 Å². The molecule has 0 spiro atoms. The highest BCUT2D eigenvalue weighted by molar-refractivity contribution is 6.42. The van der Waals surface area contributed by atoms with Crippen molar-refractivity contribution in [3.63, 3.8) is 0 Å². The Morgan fingerprint density at radius 3 is 1.16 bits per heavy atom. The summed E-state index contributed by atoms with van der Waals surface area (Å²) in [7, 11) is -0.825. The van der Waals surface area contributed by atoms with Crippen LogP contribution in [0.4, 0.5) is 0 Å². The SMILES string of the molecule is CO[SiH](O)CCCN(CCN(CC(O)COc1ccc(C(C)(C)c2ccc(OCCCO)cc2)cc1)C(O)COc1ccc(C(C)(C)c2ccc(OCC3CO3)cc2)cc1)CC(O)COc1ccc(C(C)(C)c2ccc(OCC3CO3)cc2)cc1. The number of hydrogen-bond acceptors (Lipinski definition) is 16. The smallest absolute Gasteiger partial charge is 0.318 e. The lowest BCUT2D eigenvalue weighted by Gasteiger charge is -2.33. The lowest BCUT2D eigenvalue weighted by atomic mass is 9.78. The van der Waals surface area contributed by atoms with Crippen molar-refractivity contribution >= 4 is 9.28 Å². The third-order valence-electron chi connectivity index (χ3n) is 16.2. The first kappa shape index (κ1) is 64.9. The zero-order valence-corrected chi connectivity index (χ0v) is 51.8. The minimum absolute atomic E-state index is 0.0376. The number of aliphatic hydroxyl groups is 4. The highest BCUT2D eigenvalue weighted by Crippen LogP contribution is 2.37. The van der Waals surface area contributed by atoms with Crippen molar-refractivity contribution < 1.29 is 67.5 Å². The Morgan fingerprint density at radius 1 is 0.471 bits per heavy atom. The van der Waals surface area contributed by atoms with E-state index in [1.54, 1.807) is 4.90 Å². The molecular formula is C68H90N2O14Si. The maximum absolute atomic E-state index is 11.9. The van der Waals surface area contributed by atoms with E-state index in [1.165, 1.54) is 7.11 Å². The average molecular weight is 1190 g/mol. The van der Waals surface area contributed by atoms with Crippen LogP contribution in [0, 0.1) is 0 Å². The van der Waals surface area contributed by atoms with Crippen molar-refractivity contribution in [2.45, 2.75) is 107 Å². The van der Waals surface area contributed by atoms with Crippen molar-refractivity contribution in [2.75, 3.05) is 99.3 Å². The van der Waals surface area contributed by atoms with Crippen molar-refractivity contribution in [2.24, 2.45) is 0 Å². The number of hydrogen-bond donors (Lipinski definition) is 5. The fraction of sp³-hybridized carbons (Fsp3) is 0.471. The van der Waals surface area contributed by atoms with Gasteiger partial charge in [-0.1, -0.05) is 114 Å². The van der Waals surface area contributed by atoms with Gasteiger partial charge in [-0.25, -0.2) is 0 Å². The molecule has 0 aliphatic carbocycles. The molecule has 0 bridgehead atoms. The van der Waals surface area contributed by atoms with Crippen LogP contribution >= 0.6 is 0 Å². The predicted molar refractivity (Wildman–Crippen MR) is 331 cm³/mol. The summed E-state index contributed by atoms with van der Waals surface area (Å²) in [5.74, 6) is 4.19. The van der Waals surface area contributed by atoms with E-state index in [9.17, 15) is 20.1 Å². The Labute approximate surface area is 504 Å². The Morgan fingerprint density at radius 2 is 0.812 bits per heavy atom. The molecule has 5 N–H and O–H groups in total. The lowest BCUT2D eigenvalue weighted by molar-refractivity contribution is -0.0566. The Kier molecular flexibility index (Phi) is 23.7. The highest BCUT2D eigenvalue weighted by Gasteiger charge is 2.29. The molecular weight excluding hydrogens is 1100 g/mol. The van der Waals surface area contributed by atoms with Crippen LogP contribution in [-0.4, -0.2) is 174 Å². The van der Waals surface area contributed by atoms with Gasteiger partial charge in [-0.05, 0) is 125 Å². The molecule has 17 heteroatoms. The fourth-order valence-electron chi connectivity index (χ4n) is 10.1. The first-order valence-corrected chi connectivity index (χ1v) is 31.7. The molecule has 0 saturated carbocycles. The van der Waals surface area contributed by atoms with E-state index >= 15 is 0 Å². The fourth-order valence-corrected chi connectivity index (χ4v) is 10.9. The van der Waals surface area contributed by atoms with Gasteiger partial charge >= 0.3 is 9.28 Å². The van der Waals surface area contributed by atoms with Gasteiger partial charge in [0.2, 0.25) is 0 Å². The second-order valence-electron chi connectivity index (χ2n) is 23.8. The summed E-state index contributed by atoms with van der Waals surface area (Å²) in [5, 5.41) is 44.2. The van der Waals surface area contributed by atoms with E-state index in [0.717, 1.165) is 63.8 Å². The first-order chi connectivity index (χ1) is 40.9. The Balaban J connectivity index is 0.896. The van der Waals surface area contributed by atoms with Crippen LogP contribution in [0.3, 0.4) is 0 Å². The van der Waals surface area contributed by atoms with E-state index in [1.807, 2.05) is 97.1 Å². The molecule has 460 valence electrons. The van der Waals surface area contributed by atoms with Crippen LogP contribution in [-0.2, 0) is 30.1 Å². The summed E-state index contributed by atoms with van der Waals surface area (Å²) < 4.78 is 51.9. The van der Waals surface area contributed by atoms with Gasteiger partial charge in [-0.15, -0.1) is 0 Å². The van der Waals surface area contributed by atoms with Crippen LogP contribution in [0.1, 0.15) is 87.8 Å². The van der Waals surface area contributed by atoms with Gasteiger partial charge < -0.3 is 67.5 Å². The molecule has 0 aromatic heterocycles. The van der Waals surface area contributed by atoms with E-state index in [0.29, 0.717) is 75.6 Å². The van der Waals surface area contributed by atoms with E-state index in [-0.39, 0.29) is 68.0 Å². The number of ether oxygens (including phenoxy) is 8. The quantitative estimate of drug-likeness (QED) is 0.0107. The summed E-state index contributed by atoms with van der Waals surface area (Å²) in [6.07, 6.45) is -1.42. The maximum Gasteiger partial charge on any atom is 0.318 e. The zero-order chi connectivity index (χ0) is 60.4. The van der Waals surface area contributed by atoms with Gasteiger partial charge in [0.05, 0.1) is 19.8 Å². The van der Waals surface area contributed by atoms with Crippen LogP contribution < -0.4 is 28.4 Å². The molecule has 0 amide bonds. The molecule has 16 nitrogen and oxygen atoms in total. The van der Waals surface area contributed by atoms with E-state index in [2.05, 4.69) is 95.0 Å². The number of aliphatic hydroxyl groups excluding tert-OH is 4. The molecule has 2 aliphatic heterocycles. The van der Waals surface area contributed by atoms with Crippen LogP contribution in [0.5, 0.6) is 34.5 Å². The molecule has 6 aromatic rings. The van der Waals surface area contributed by atoms with E-state index < -0.39 is 27.7 Å². The zero-order valence-electron chi connectivity index (χ0n) is 50.6. The number of benzene rings is 6. The monoisotopic (exact) mass is 1190 g/mol. The minimum atomic E-state index is -2.35. The molecule has 85 heavy (non-hydrogen) atoms. The normalized spacial score (nSPS) is 16.6. The van der Waals surface area contributed by atoms with Crippen LogP contribution in [0.15, 0.2) is 146 Å². The van der Waals surface area contributed by atoms with Crippen molar-refractivity contribution in [1.29, 1.82) is 0 Å². The number of epoxide rings is 2. The molecule has 0 radical (unpaired) electrons. The van der Waals surface area contributed by atoms with Gasteiger partial charge in [0.1, 0.15) is 98.2 Å². The van der Waals surface area contributed by atoms with Crippen molar-refractivity contribution in [1.82, 2.24) is 9.80 Å². The summed E-state index contributed by atoms with van der Waals surface area (Å²) in [5.41, 5.74) is 5.74. The lowest BCUT2D eigenvalue weighted by Crippen LogP contribution is -2.49. The minimum Gasteiger partial charge on any atom is -0.494 e. The molecule has 6 aromatic carbocycles. The first-order valence-electron chi connectivity index (χ1n) is 29.8. The molecule has 2 saturated heterocycles.